The molecule has 3 N–H and O–H groups in total. The van der Waals surface area contributed by atoms with Crippen LogP contribution in [0.5, 0.6) is 0 Å². The number of hydrogen-bond acceptors (Lipinski definition) is 7. The Morgan fingerprint density at radius 3 is 2.65 bits per heavy atom. The highest BCUT2D eigenvalue weighted by molar-refractivity contribution is 6.06. The number of hydrogen-bond donors (Lipinski definition) is 2. The zero-order valence-corrected chi connectivity index (χ0v) is 16.5. The molecule has 0 amide bonds. The number of ketones is 1. The van der Waals surface area contributed by atoms with E-state index >= 15 is 0 Å². The third-order valence-corrected chi connectivity index (χ3v) is 5.28. The third-order valence-electron chi connectivity index (χ3n) is 5.28. The van der Waals surface area contributed by atoms with Gasteiger partial charge >= 0.3 is 0 Å². The summed E-state index contributed by atoms with van der Waals surface area (Å²) in [4.78, 5) is 31.7. The number of nitrogen functional groups attached to an aromatic ring is 1. The van der Waals surface area contributed by atoms with Crippen molar-refractivity contribution in [3.8, 4) is 0 Å². The van der Waals surface area contributed by atoms with Crippen molar-refractivity contribution < 1.29 is 23.5 Å². The fraction of sp³-hybridized carbons (Fsp3) is 0.286. The average Bonchev–Trinajstić information content (AvgIpc) is 2.77. The first-order valence-electron chi connectivity index (χ1n) is 9.71. The lowest BCUT2D eigenvalue weighted by atomic mass is 10.0. The van der Waals surface area contributed by atoms with Crippen LogP contribution in [0.4, 0.5) is 20.3 Å². The van der Waals surface area contributed by atoms with Gasteiger partial charge in [-0.15, -0.1) is 4.73 Å². The number of fused-ring (bicyclic) bond motifs is 1. The lowest BCUT2D eigenvalue weighted by Gasteiger charge is -2.28. The largest absolute Gasteiger partial charge is 0.423 e. The minimum atomic E-state index is -0.999. The Morgan fingerprint density at radius 2 is 1.94 bits per heavy atom. The van der Waals surface area contributed by atoms with Crippen LogP contribution in [0.25, 0.3) is 11.0 Å². The maximum atomic E-state index is 13.8. The maximum absolute atomic E-state index is 13.8. The van der Waals surface area contributed by atoms with Crippen molar-refractivity contribution in [3.63, 3.8) is 0 Å². The van der Waals surface area contributed by atoms with Gasteiger partial charge in [0.1, 0.15) is 23.0 Å². The van der Waals surface area contributed by atoms with Crippen LogP contribution in [-0.2, 0) is 11.2 Å². The van der Waals surface area contributed by atoms with Gasteiger partial charge in [0.25, 0.3) is 5.56 Å². The normalized spacial score (nSPS) is 14.2. The van der Waals surface area contributed by atoms with Gasteiger partial charge in [-0.05, 0) is 30.2 Å². The zero-order chi connectivity index (χ0) is 22.1. The predicted octanol–water partition coefficient (Wildman–Crippen LogP) is 2.15. The van der Waals surface area contributed by atoms with E-state index in [2.05, 4.69) is 4.98 Å². The van der Waals surface area contributed by atoms with E-state index in [4.69, 9.17) is 10.5 Å². The van der Waals surface area contributed by atoms with Crippen LogP contribution in [0, 0.1) is 11.6 Å². The Balaban J connectivity index is 1.66. The molecule has 0 unspecified atom stereocenters. The predicted molar refractivity (Wildman–Crippen MR) is 110 cm³/mol. The van der Waals surface area contributed by atoms with Crippen molar-refractivity contribution in [2.24, 2.45) is 0 Å². The van der Waals surface area contributed by atoms with Gasteiger partial charge in [-0.25, -0.2) is 13.8 Å². The van der Waals surface area contributed by atoms with Crippen molar-refractivity contribution in [2.45, 2.75) is 12.8 Å². The first-order chi connectivity index (χ1) is 14.9. The van der Waals surface area contributed by atoms with E-state index in [1.54, 1.807) is 12.1 Å². The quantitative estimate of drug-likeness (QED) is 0.471. The molecule has 1 aliphatic rings. The first kappa shape index (κ1) is 20.7. The topological polar surface area (TPSA) is 111 Å². The molecule has 8 nitrogen and oxygen atoms in total. The number of Topliss-reactive ketones (excluding diaryl/α,β-unsaturated/α-hetero) is 1. The Kier molecular flexibility index (Phi) is 5.55. The van der Waals surface area contributed by atoms with Crippen LogP contribution < -0.4 is 16.2 Å². The lowest BCUT2D eigenvalue weighted by molar-refractivity contribution is 0.0976. The van der Waals surface area contributed by atoms with E-state index in [9.17, 15) is 23.6 Å². The number of halogens is 2. The molecule has 10 heteroatoms. The van der Waals surface area contributed by atoms with Crippen molar-refractivity contribution in [3.05, 3.63) is 63.4 Å². The van der Waals surface area contributed by atoms with E-state index in [0.29, 0.717) is 36.9 Å². The summed E-state index contributed by atoms with van der Waals surface area (Å²) in [5.74, 6) is -1.62. The molecule has 0 aliphatic carbocycles. The molecule has 3 heterocycles. The number of aromatic nitrogens is 2. The van der Waals surface area contributed by atoms with Gasteiger partial charge in [-0.2, -0.15) is 0 Å². The molecule has 0 spiro atoms. The molecule has 4 rings (SSSR count). The Hall–Kier alpha value is -3.53. The molecule has 1 aromatic carbocycles. The van der Waals surface area contributed by atoms with E-state index in [-0.39, 0.29) is 35.1 Å². The van der Waals surface area contributed by atoms with E-state index < -0.39 is 28.5 Å². The SMILES string of the molecule is Nc1c(C(=O)CCc2ccc(F)cc2F)c(=O)n(O)c2nc(N3CCOCC3)ccc12. The number of carbonyl (C=O) groups is 1. The summed E-state index contributed by atoms with van der Waals surface area (Å²) in [5.41, 5.74) is 4.68. The van der Waals surface area contributed by atoms with Gasteiger partial charge in [0.2, 0.25) is 0 Å². The van der Waals surface area contributed by atoms with Crippen LogP contribution in [0.3, 0.4) is 0 Å². The lowest BCUT2D eigenvalue weighted by Crippen LogP contribution is -2.37. The van der Waals surface area contributed by atoms with Gasteiger partial charge in [-0.1, -0.05) is 6.07 Å². The van der Waals surface area contributed by atoms with E-state index in [1.165, 1.54) is 6.07 Å². The van der Waals surface area contributed by atoms with Gasteiger partial charge in [0, 0.05) is 31.0 Å². The van der Waals surface area contributed by atoms with Gasteiger partial charge < -0.3 is 20.6 Å². The fourth-order valence-corrected chi connectivity index (χ4v) is 3.60. The number of nitrogens with zero attached hydrogens (tertiary/aromatic N) is 3. The monoisotopic (exact) mass is 430 g/mol. The van der Waals surface area contributed by atoms with Gasteiger partial charge in [-0.3, -0.25) is 9.59 Å². The van der Waals surface area contributed by atoms with Crippen LogP contribution in [0.2, 0.25) is 0 Å². The highest BCUT2D eigenvalue weighted by Gasteiger charge is 2.23. The average molecular weight is 430 g/mol. The highest BCUT2D eigenvalue weighted by atomic mass is 19.1. The Bertz CT molecular complexity index is 1220. The number of pyridine rings is 2. The summed E-state index contributed by atoms with van der Waals surface area (Å²) >= 11 is 0. The number of rotatable bonds is 5. The minimum Gasteiger partial charge on any atom is -0.423 e. The molecule has 0 bridgehead atoms. The van der Waals surface area contributed by atoms with Crippen LogP contribution in [-0.4, -0.2) is 47.0 Å². The molecule has 1 saturated heterocycles. The number of aryl methyl sites for hydroxylation is 1. The molecule has 1 fully saturated rings. The number of ether oxygens (including phenoxy) is 1. The minimum absolute atomic E-state index is 0.0541. The first-order valence-corrected chi connectivity index (χ1v) is 9.71. The molecule has 1 aliphatic heterocycles. The summed E-state index contributed by atoms with van der Waals surface area (Å²) < 4.78 is 32.5. The Morgan fingerprint density at radius 1 is 1.19 bits per heavy atom. The molecule has 31 heavy (non-hydrogen) atoms. The standard InChI is InChI=1S/C21H20F2N4O4/c22-13-3-1-12(15(23)11-13)2-5-16(28)18-19(24)14-4-6-17(26-7-9-31-10-8-26)25-20(14)27(30)21(18)29/h1,3-4,6,11,30H,2,5,7-10,24H2. The summed E-state index contributed by atoms with van der Waals surface area (Å²) in [5, 5.41) is 10.6. The number of morpholine rings is 1. The second-order valence-electron chi connectivity index (χ2n) is 7.20. The maximum Gasteiger partial charge on any atom is 0.297 e. The van der Waals surface area contributed by atoms with Crippen molar-refractivity contribution in [1.29, 1.82) is 0 Å². The molecular weight excluding hydrogens is 410 g/mol. The van der Waals surface area contributed by atoms with Gasteiger partial charge in [0.15, 0.2) is 11.4 Å². The molecule has 0 radical (unpaired) electrons. The molecule has 0 saturated carbocycles. The second-order valence-corrected chi connectivity index (χ2v) is 7.20. The van der Waals surface area contributed by atoms with Crippen molar-refractivity contribution >= 4 is 28.3 Å². The van der Waals surface area contributed by atoms with Crippen LogP contribution in [0.1, 0.15) is 22.3 Å². The summed E-state index contributed by atoms with van der Waals surface area (Å²) in [6.07, 6.45) is -0.297. The smallest absolute Gasteiger partial charge is 0.297 e. The molecular formula is C21H20F2N4O4. The number of carbonyl (C=O) groups excluding carboxylic acids is 1. The van der Waals surface area contributed by atoms with Crippen molar-refractivity contribution in [1.82, 2.24) is 9.71 Å². The zero-order valence-electron chi connectivity index (χ0n) is 16.5. The van der Waals surface area contributed by atoms with E-state index in [0.717, 1.165) is 12.1 Å². The second kappa shape index (κ2) is 8.31. The third kappa shape index (κ3) is 3.93. The number of benzene rings is 1. The molecule has 162 valence electrons. The van der Waals surface area contributed by atoms with Crippen LogP contribution >= 0.6 is 0 Å². The van der Waals surface area contributed by atoms with Crippen molar-refractivity contribution in [2.75, 3.05) is 36.9 Å². The summed E-state index contributed by atoms with van der Waals surface area (Å²) in [6, 6.07) is 6.33. The molecule has 2 aromatic heterocycles. The summed E-state index contributed by atoms with van der Waals surface area (Å²) in [7, 11) is 0. The number of nitrogens with two attached hydrogens (primary N) is 1. The molecule has 3 aromatic rings. The van der Waals surface area contributed by atoms with E-state index in [1.807, 2.05) is 4.90 Å². The van der Waals surface area contributed by atoms with Crippen LogP contribution in [0.15, 0.2) is 35.1 Å². The fourth-order valence-electron chi connectivity index (χ4n) is 3.60. The number of anilines is 2. The Labute approximate surface area is 175 Å². The summed E-state index contributed by atoms with van der Waals surface area (Å²) in [6.45, 7) is 2.30. The highest BCUT2D eigenvalue weighted by Crippen LogP contribution is 2.25. The van der Waals surface area contributed by atoms with Gasteiger partial charge in [0.05, 0.1) is 18.9 Å². The molecule has 0 atom stereocenters.